The highest BCUT2D eigenvalue weighted by Gasteiger charge is 2.51. The normalized spacial score (nSPS) is 20.7. The number of carbonyl (C=O) groups is 3. The van der Waals surface area contributed by atoms with Gasteiger partial charge in [-0.1, -0.05) is 6.07 Å². The van der Waals surface area contributed by atoms with Crippen molar-refractivity contribution in [3.05, 3.63) is 52.5 Å². The highest BCUT2D eigenvalue weighted by atomic mass is 32.1. The maximum Gasteiger partial charge on any atom is 0.490 e. The Bertz CT molecular complexity index is 937. The third-order valence-electron chi connectivity index (χ3n) is 5.33. The first kappa shape index (κ1) is 22.7. The number of carboxylic acid groups (broad SMARTS) is 1. The van der Waals surface area contributed by atoms with Crippen LogP contribution < -0.4 is 0 Å². The van der Waals surface area contributed by atoms with Crippen LogP contribution in [-0.2, 0) is 16.1 Å². The topological polar surface area (TPSA) is 90.8 Å². The zero-order valence-electron chi connectivity index (χ0n) is 16.3. The quantitative estimate of drug-likeness (QED) is 0.768. The van der Waals surface area contributed by atoms with Crippen molar-refractivity contribution in [2.75, 3.05) is 19.6 Å². The number of halogens is 3. The predicted octanol–water partition coefficient (Wildman–Crippen LogP) is 3.04. The molecule has 2 aromatic rings. The first-order valence-corrected chi connectivity index (χ1v) is 10.4. The number of thiophene rings is 1. The summed E-state index contributed by atoms with van der Waals surface area (Å²) in [4.78, 5) is 42.4. The SMILES string of the molecule is O=C(O)C(F)(F)F.O=C(c1ccsc1)N1CCC2(CCN(Cc3ccccn3)C2=O)C1. The van der Waals surface area contributed by atoms with E-state index in [-0.39, 0.29) is 17.2 Å². The van der Waals surface area contributed by atoms with E-state index in [1.54, 1.807) is 6.20 Å². The number of nitrogens with zero attached hydrogens (tertiary/aromatic N) is 3. The summed E-state index contributed by atoms with van der Waals surface area (Å²) in [5.41, 5.74) is 1.25. The van der Waals surface area contributed by atoms with Gasteiger partial charge in [0.1, 0.15) is 0 Å². The molecule has 0 bridgehead atoms. The van der Waals surface area contributed by atoms with E-state index >= 15 is 0 Å². The van der Waals surface area contributed by atoms with Crippen LogP contribution in [0.5, 0.6) is 0 Å². The fraction of sp³-hybridized carbons (Fsp3) is 0.400. The second-order valence-corrected chi connectivity index (χ2v) is 8.15. The van der Waals surface area contributed by atoms with Crippen LogP contribution in [0.25, 0.3) is 0 Å². The van der Waals surface area contributed by atoms with Gasteiger partial charge in [-0.2, -0.15) is 24.5 Å². The average molecular weight is 455 g/mol. The van der Waals surface area contributed by atoms with Gasteiger partial charge in [0.15, 0.2) is 0 Å². The van der Waals surface area contributed by atoms with Crippen LogP contribution in [0.15, 0.2) is 41.2 Å². The number of rotatable bonds is 3. The molecule has 31 heavy (non-hydrogen) atoms. The van der Waals surface area contributed by atoms with Gasteiger partial charge < -0.3 is 14.9 Å². The van der Waals surface area contributed by atoms with Crippen molar-refractivity contribution in [3.8, 4) is 0 Å². The Hall–Kier alpha value is -2.95. The van der Waals surface area contributed by atoms with Crippen LogP contribution in [0, 0.1) is 5.41 Å². The van der Waals surface area contributed by atoms with Crippen LogP contribution in [0.2, 0.25) is 0 Å². The number of carboxylic acids is 1. The number of aromatic nitrogens is 1. The number of hydrogen-bond acceptors (Lipinski definition) is 5. The molecule has 4 heterocycles. The van der Waals surface area contributed by atoms with Crippen molar-refractivity contribution in [1.82, 2.24) is 14.8 Å². The molecule has 0 radical (unpaired) electrons. The predicted molar refractivity (Wildman–Crippen MR) is 105 cm³/mol. The van der Waals surface area contributed by atoms with Crippen molar-refractivity contribution in [1.29, 1.82) is 0 Å². The van der Waals surface area contributed by atoms with Gasteiger partial charge in [-0.3, -0.25) is 14.6 Å². The molecule has 2 aliphatic heterocycles. The molecule has 2 aliphatic rings. The lowest BCUT2D eigenvalue weighted by molar-refractivity contribution is -0.192. The van der Waals surface area contributed by atoms with Gasteiger partial charge in [-0.25, -0.2) is 4.79 Å². The summed E-state index contributed by atoms with van der Waals surface area (Å²) in [5, 5.41) is 10.9. The van der Waals surface area contributed by atoms with Gasteiger partial charge in [0.05, 0.1) is 23.2 Å². The molecule has 0 saturated carbocycles. The summed E-state index contributed by atoms with van der Waals surface area (Å²) in [5.74, 6) is -2.54. The van der Waals surface area contributed by atoms with E-state index in [9.17, 15) is 22.8 Å². The number of hydrogen-bond donors (Lipinski definition) is 1. The summed E-state index contributed by atoms with van der Waals surface area (Å²) in [6.07, 6.45) is -1.74. The Balaban J connectivity index is 0.000000339. The number of alkyl halides is 3. The zero-order chi connectivity index (χ0) is 22.6. The van der Waals surface area contributed by atoms with E-state index in [2.05, 4.69) is 4.98 Å². The van der Waals surface area contributed by atoms with Crippen LogP contribution in [0.4, 0.5) is 13.2 Å². The Labute approximate surface area is 180 Å². The second kappa shape index (κ2) is 9.04. The lowest BCUT2D eigenvalue weighted by Crippen LogP contribution is -2.38. The lowest BCUT2D eigenvalue weighted by atomic mass is 9.85. The molecule has 7 nitrogen and oxygen atoms in total. The summed E-state index contributed by atoms with van der Waals surface area (Å²) in [7, 11) is 0. The van der Waals surface area contributed by atoms with E-state index in [4.69, 9.17) is 9.90 Å². The van der Waals surface area contributed by atoms with Crippen molar-refractivity contribution in [2.24, 2.45) is 5.41 Å². The molecule has 4 rings (SSSR count). The lowest BCUT2D eigenvalue weighted by Gasteiger charge is -2.23. The van der Waals surface area contributed by atoms with Crippen molar-refractivity contribution in [3.63, 3.8) is 0 Å². The van der Waals surface area contributed by atoms with E-state index in [1.165, 1.54) is 11.3 Å². The van der Waals surface area contributed by atoms with Gasteiger partial charge in [0.2, 0.25) is 5.91 Å². The highest BCUT2D eigenvalue weighted by Crippen LogP contribution is 2.41. The van der Waals surface area contributed by atoms with Crippen LogP contribution in [0.3, 0.4) is 0 Å². The van der Waals surface area contributed by atoms with Crippen LogP contribution >= 0.6 is 11.3 Å². The first-order chi connectivity index (χ1) is 14.6. The largest absolute Gasteiger partial charge is 0.490 e. The summed E-state index contributed by atoms with van der Waals surface area (Å²) < 4.78 is 31.7. The summed E-state index contributed by atoms with van der Waals surface area (Å²) in [6, 6.07) is 7.61. The van der Waals surface area contributed by atoms with Gasteiger partial charge in [0, 0.05) is 31.2 Å². The maximum atomic E-state index is 13.0. The van der Waals surface area contributed by atoms with E-state index in [0.717, 1.165) is 30.6 Å². The summed E-state index contributed by atoms with van der Waals surface area (Å²) >= 11 is 1.52. The minimum atomic E-state index is -5.08. The number of aliphatic carboxylic acids is 1. The Morgan fingerprint density at radius 1 is 1.19 bits per heavy atom. The fourth-order valence-electron chi connectivity index (χ4n) is 3.72. The molecule has 2 amide bonds. The minimum Gasteiger partial charge on any atom is -0.475 e. The monoisotopic (exact) mass is 455 g/mol. The van der Waals surface area contributed by atoms with Gasteiger partial charge in [-0.15, -0.1) is 0 Å². The number of likely N-dealkylation sites (tertiary alicyclic amines) is 2. The third kappa shape index (κ3) is 5.22. The van der Waals surface area contributed by atoms with Gasteiger partial charge >= 0.3 is 12.1 Å². The Morgan fingerprint density at radius 3 is 2.48 bits per heavy atom. The Morgan fingerprint density at radius 2 is 1.90 bits per heavy atom. The molecule has 166 valence electrons. The van der Waals surface area contributed by atoms with Crippen molar-refractivity contribution in [2.45, 2.75) is 25.6 Å². The van der Waals surface area contributed by atoms with Crippen LogP contribution in [-0.4, -0.2) is 63.5 Å². The van der Waals surface area contributed by atoms with E-state index in [1.807, 2.05) is 44.8 Å². The van der Waals surface area contributed by atoms with Crippen molar-refractivity contribution < 1.29 is 32.7 Å². The fourth-order valence-corrected chi connectivity index (χ4v) is 4.35. The van der Waals surface area contributed by atoms with E-state index < -0.39 is 12.1 Å². The van der Waals surface area contributed by atoms with E-state index in [0.29, 0.717) is 19.6 Å². The van der Waals surface area contributed by atoms with Crippen molar-refractivity contribution >= 4 is 29.1 Å². The van der Waals surface area contributed by atoms with Gasteiger partial charge in [0.25, 0.3) is 5.91 Å². The molecule has 0 aromatic carbocycles. The molecule has 2 fully saturated rings. The average Bonchev–Trinajstić information content (AvgIpc) is 3.47. The number of carbonyl (C=O) groups excluding carboxylic acids is 2. The molecule has 1 N–H and O–H groups in total. The number of pyridine rings is 1. The summed E-state index contributed by atoms with van der Waals surface area (Å²) in [6.45, 7) is 2.51. The molecular weight excluding hydrogens is 435 g/mol. The smallest absolute Gasteiger partial charge is 0.475 e. The molecule has 1 unspecified atom stereocenters. The molecule has 0 aliphatic carbocycles. The van der Waals surface area contributed by atoms with Crippen LogP contribution in [0.1, 0.15) is 28.9 Å². The molecule has 11 heteroatoms. The molecule has 1 atom stereocenters. The van der Waals surface area contributed by atoms with Gasteiger partial charge in [-0.05, 0) is 36.4 Å². The highest BCUT2D eigenvalue weighted by molar-refractivity contribution is 7.08. The molecule has 2 saturated heterocycles. The molecular formula is C20H20F3N3O4S. The third-order valence-corrected chi connectivity index (χ3v) is 6.02. The first-order valence-electron chi connectivity index (χ1n) is 9.43. The number of amides is 2. The minimum absolute atomic E-state index is 0.0455. The second-order valence-electron chi connectivity index (χ2n) is 7.37. The maximum absolute atomic E-state index is 13.0. The standard InChI is InChI=1S/C18H19N3O2S.C2HF3O2/c22-16(14-4-10-24-12-14)21-9-6-18(13-21)5-8-20(17(18)23)11-15-3-1-2-7-19-15;3-2(4,5)1(6)7/h1-4,7,10,12H,5-6,8-9,11,13H2;(H,6,7). The zero-order valence-corrected chi connectivity index (χ0v) is 17.2. The Kier molecular flexibility index (Phi) is 6.63. The molecule has 1 spiro atoms. The molecule has 2 aromatic heterocycles.